The van der Waals surface area contributed by atoms with E-state index in [0.29, 0.717) is 50.1 Å². The molecule has 8 nitrogen and oxygen atoms in total. The lowest BCUT2D eigenvalue weighted by Gasteiger charge is -2.25. The maximum atomic E-state index is 6.59. The zero-order valence-corrected chi connectivity index (χ0v) is 36.6. The SMILES string of the molecule is C1=Nc2c(cccc2C2CCCCC2)OCCOc2cccc(C3CCCCC3)c2N=C=Nc2c(cccc2C2CCCCC2)OCCOc2cccc(C3CCCCC3)c2N=1. The first-order valence-electron chi connectivity index (χ1n) is 24.2. The van der Waals surface area contributed by atoms with E-state index in [1.54, 1.807) is 0 Å². The van der Waals surface area contributed by atoms with Gasteiger partial charge in [0.25, 0.3) is 0 Å². The molecule has 5 aliphatic rings. The van der Waals surface area contributed by atoms with E-state index in [9.17, 15) is 0 Å². The van der Waals surface area contributed by atoms with Crippen LogP contribution in [0.3, 0.4) is 0 Å². The van der Waals surface area contributed by atoms with Gasteiger partial charge in [0.2, 0.25) is 0 Å². The largest absolute Gasteiger partial charge is 0.488 e. The topological polar surface area (TPSA) is 86.4 Å². The molecule has 0 bridgehead atoms. The van der Waals surface area contributed by atoms with Crippen LogP contribution in [0.4, 0.5) is 22.7 Å². The minimum absolute atomic E-state index is 0.344. The average molecular weight is 833 g/mol. The van der Waals surface area contributed by atoms with E-state index in [1.165, 1.54) is 99.3 Å². The smallest absolute Gasteiger partial charge is 0.146 e. The van der Waals surface area contributed by atoms with Crippen molar-refractivity contribution in [3.8, 4) is 23.0 Å². The monoisotopic (exact) mass is 832 g/mol. The normalized spacial score (nSPS) is 20.1. The molecule has 8 heteroatoms. The Morgan fingerprint density at radius 2 is 0.532 bits per heavy atom. The molecule has 0 atom stereocenters. The van der Waals surface area contributed by atoms with Gasteiger partial charge in [-0.25, -0.2) is 0 Å². The second-order valence-corrected chi connectivity index (χ2v) is 18.2. The summed E-state index contributed by atoms with van der Waals surface area (Å²) in [5, 5.41) is 0. The highest BCUT2D eigenvalue weighted by Crippen LogP contribution is 2.46. The summed E-state index contributed by atoms with van der Waals surface area (Å²) in [6, 6.07) is 31.7. The standard InChI is InChI=1S/C54H64N4O4/c1-5-17-39(18-6-1)43-25-13-29-47-51(43)55-37-56-52-44(40-19-7-2-8-20-40)26-14-30-48(52)61-35-36-62-50-32-16-28-46(42-23-11-4-12-24-42)54(50)58-38-57-53-45(41-21-9-3-10-22-41)27-15-31-49(53)60-34-33-59-47/h13-16,25-32,39-42H,1-12,17-24,33-36H2. The molecule has 4 fully saturated rings. The molecular formula is C54H64N4O4. The predicted molar refractivity (Wildman–Crippen MR) is 249 cm³/mol. The predicted octanol–water partition coefficient (Wildman–Crippen LogP) is 15.4. The van der Waals surface area contributed by atoms with Gasteiger partial charge >= 0.3 is 0 Å². The summed E-state index contributed by atoms with van der Waals surface area (Å²) in [6.07, 6.45) is 24.1. The third kappa shape index (κ3) is 10.2. The number of aliphatic imine (C=N–C) groups is 4. The van der Waals surface area contributed by atoms with Gasteiger partial charge in [-0.1, -0.05) is 126 Å². The lowest BCUT2D eigenvalue weighted by Crippen LogP contribution is -2.11. The van der Waals surface area contributed by atoms with Gasteiger partial charge in [-0.2, -0.15) is 20.0 Å². The highest BCUT2D eigenvalue weighted by molar-refractivity contribution is 5.71. The quantitative estimate of drug-likeness (QED) is 0.205. The number of fused-ring (bicyclic) bond motifs is 4. The Bertz CT molecular complexity index is 1940. The molecule has 0 radical (unpaired) electrons. The Morgan fingerprint density at radius 1 is 0.306 bits per heavy atom. The van der Waals surface area contributed by atoms with E-state index < -0.39 is 0 Å². The van der Waals surface area contributed by atoms with Crippen molar-refractivity contribution in [3.63, 3.8) is 0 Å². The molecule has 324 valence electrons. The second-order valence-electron chi connectivity index (χ2n) is 18.2. The molecule has 0 N–H and O–H groups in total. The third-order valence-corrected chi connectivity index (χ3v) is 14.1. The van der Waals surface area contributed by atoms with Crippen LogP contribution in [0, 0.1) is 0 Å². The molecule has 0 amide bonds. The maximum Gasteiger partial charge on any atom is 0.146 e. The summed E-state index contributed by atoms with van der Waals surface area (Å²) in [5.41, 5.74) is 8.06. The van der Waals surface area contributed by atoms with Crippen molar-refractivity contribution in [2.45, 2.75) is 152 Å². The van der Waals surface area contributed by atoms with Crippen LogP contribution in [0.2, 0.25) is 0 Å². The van der Waals surface area contributed by atoms with Crippen LogP contribution in [0.25, 0.3) is 0 Å². The second kappa shape index (κ2) is 21.3. The number of ether oxygens (including phenoxy) is 4. The fourth-order valence-corrected chi connectivity index (χ4v) is 10.9. The number of rotatable bonds is 4. The summed E-state index contributed by atoms with van der Waals surface area (Å²) in [5.74, 6) is 4.59. The van der Waals surface area contributed by atoms with E-state index in [-0.39, 0.29) is 0 Å². The molecule has 4 aliphatic carbocycles. The average Bonchev–Trinajstić information content (AvgIpc) is 3.33. The molecule has 1 heterocycles. The van der Waals surface area contributed by atoms with Crippen LogP contribution in [0.5, 0.6) is 23.0 Å². The van der Waals surface area contributed by atoms with Crippen LogP contribution >= 0.6 is 0 Å². The third-order valence-electron chi connectivity index (χ3n) is 14.1. The first-order chi connectivity index (χ1) is 30.8. The minimum atomic E-state index is 0.344. The Morgan fingerprint density at radius 3 is 0.758 bits per heavy atom. The number of para-hydroxylation sites is 4. The molecule has 1 aliphatic heterocycles. The van der Waals surface area contributed by atoms with Gasteiger partial charge in [0.1, 0.15) is 84.2 Å². The lowest BCUT2D eigenvalue weighted by molar-refractivity contribution is 0.218. The van der Waals surface area contributed by atoms with Crippen LogP contribution in [-0.4, -0.2) is 38.4 Å². The molecule has 62 heavy (non-hydrogen) atoms. The first-order valence-corrected chi connectivity index (χ1v) is 24.2. The Labute approximate surface area is 369 Å². The summed E-state index contributed by atoms with van der Waals surface area (Å²) in [6.45, 7) is 1.38. The zero-order valence-electron chi connectivity index (χ0n) is 36.6. The van der Waals surface area contributed by atoms with Gasteiger partial charge < -0.3 is 18.9 Å². The van der Waals surface area contributed by atoms with E-state index in [0.717, 1.165) is 97.1 Å². The van der Waals surface area contributed by atoms with Crippen molar-refractivity contribution < 1.29 is 18.9 Å². The van der Waals surface area contributed by atoms with Gasteiger partial charge in [0.05, 0.1) is 0 Å². The molecule has 0 saturated heterocycles. The van der Waals surface area contributed by atoms with E-state index >= 15 is 0 Å². The highest BCUT2D eigenvalue weighted by Gasteiger charge is 2.25. The fraction of sp³-hybridized carbons (Fsp3) is 0.519. The summed E-state index contributed by atoms with van der Waals surface area (Å²) in [4.78, 5) is 20.1. The van der Waals surface area contributed by atoms with Crippen molar-refractivity contribution in [2.24, 2.45) is 20.0 Å². The number of benzene rings is 4. The maximum absolute atomic E-state index is 6.59. The van der Waals surface area contributed by atoms with Crippen LogP contribution in [0.1, 0.15) is 174 Å². The van der Waals surface area contributed by atoms with E-state index in [1.807, 2.05) is 24.3 Å². The Kier molecular flexibility index (Phi) is 14.5. The first kappa shape index (κ1) is 42.2. The van der Waals surface area contributed by atoms with Gasteiger partial charge in [0.15, 0.2) is 0 Å². The Hall–Kier alpha value is -5.16. The molecule has 4 aromatic rings. The van der Waals surface area contributed by atoms with Crippen LogP contribution in [-0.2, 0) is 0 Å². The number of hydrogen-bond donors (Lipinski definition) is 0. The fourth-order valence-electron chi connectivity index (χ4n) is 10.9. The van der Waals surface area contributed by atoms with Gasteiger partial charge in [-0.15, -0.1) is 0 Å². The summed E-state index contributed by atoms with van der Waals surface area (Å²) < 4.78 is 26.4. The minimum Gasteiger partial charge on any atom is -0.488 e. The number of nitrogens with zero attached hydrogens (tertiary/aromatic N) is 4. The van der Waals surface area contributed by atoms with E-state index in [2.05, 4.69) is 60.5 Å². The Balaban J connectivity index is 1.11. The van der Waals surface area contributed by atoms with Gasteiger partial charge in [-0.05, 0) is 122 Å². The van der Waals surface area contributed by atoms with Crippen LogP contribution < -0.4 is 18.9 Å². The van der Waals surface area contributed by atoms with Crippen molar-refractivity contribution >= 4 is 34.8 Å². The summed E-state index contributed by atoms with van der Waals surface area (Å²) >= 11 is 0. The van der Waals surface area contributed by atoms with Crippen molar-refractivity contribution in [1.29, 1.82) is 0 Å². The van der Waals surface area contributed by atoms with Crippen LogP contribution in [0.15, 0.2) is 92.8 Å². The molecule has 0 aromatic heterocycles. The summed E-state index contributed by atoms with van der Waals surface area (Å²) in [7, 11) is 0. The molecule has 4 saturated carbocycles. The molecule has 0 unspecified atom stereocenters. The highest BCUT2D eigenvalue weighted by atomic mass is 16.5. The molecule has 4 aromatic carbocycles. The van der Waals surface area contributed by atoms with Crippen molar-refractivity contribution in [2.75, 3.05) is 26.4 Å². The molecular weight excluding hydrogens is 769 g/mol. The molecule has 9 rings (SSSR count). The zero-order chi connectivity index (χ0) is 41.8. The number of hydrogen-bond acceptors (Lipinski definition) is 8. The van der Waals surface area contributed by atoms with E-state index in [4.69, 9.17) is 38.9 Å². The van der Waals surface area contributed by atoms with Crippen molar-refractivity contribution in [3.05, 3.63) is 95.1 Å². The molecule has 0 spiro atoms. The lowest BCUT2D eigenvalue weighted by atomic mass is 9.83. The van der Waals surface area contributed by atoms with Gasteiger partial charge in [0, 0.05) is 0 Å². The van der Waals surface area contributed by atoms with Gasteiger partial charge in [-0.3, -0.25) is 0 Å². The van der Waals surface area contributed by atoms with Crippen molar-refractivity contribution in [1.82, 2.24) is 0 Å².